The van der Waals surface area contributed by atoms with Crippen molar-refractivity contribution in [2.75, 3.05) is 19.5 Å². The summed E-state index contributed by atoms with van der Waals surface area (Å²) in [5, 5.41) is 4.82. The molecule has 0 aliphatic carbocycles. The quantitative estimate of drug-likeness (QED) is 0.274. The Bertz CT molecular complexity index is 1810. The van der Waals surface area contributed by atoms with E-state index in [1.54, 1.807) is 42.7 Å². The van der Waals surface area contributed by atoms with E-state index in [1.807, 2.05) is 36.8 Å². The van der Waals surface area contributed by atoms with E-state index in [0.29, 0.717) is 52.0 Å². The van der Waals surface area contributed by atoms with E-state index in [-0.39, 0.29) is 11.0 Å². The van der Waals surface area contributed by atoms with Gasteiger partial charge < -0.3 is 24.1 Å². The summed E-state index contributed by atoms with van der Waals surface area (Å²) in [6.45, 7) is 2.62. The van der Waals surface area contributed by atoms with Crippen molar-refractivity contribution in [2.24, 2.45) is 0 Å². The zero-order valence-electron chi connectivity index (χ0n) is 23.5. The van der Waals surface area contributed by atoms with Gasteiger partial charge in [-0.3, -0.25) is 14.6 Å². The molecule has 0 saturated heterocycles. The molecule has 0 unspecified atom stereocenters. The average Bonchev–Trinajstić information content (AvgIpc) is 3.50. The summed E-state index contributed by atoms with van der Waals surface area (Å²) in [4.78, 5) is 36.6. The number of methoxy groups -OCH3 is 2. The van der Waals surface area contributed by atoms with Crippen LogP contribution >= 0.6 is 11.3 Å². The van der Waals surface area contributed by atoms with Gasteiger partial charge in [-0.25, -0.2) is 4.98 Å². The number of benzene rings is 1. The number of rotatable bonds is 9. The fourth-order valence-electron chi connectivity index (χ4n) is 4.65. The SMILES string of the molecule is BCCn1cc(C(=O)Nc2ccc(Oc3ccnc4cc(OC)c(OC)nc34)c(B)c2)c(=O)c(-c2cccs2)c1C. The Labute approximate surface area is 243 Å². The highest BCUT2D eigenvalue weighted by Crippen LogP contribution is 2.34. The van der Waals surface area contributed by atoms with Crippen LogP contribution in [0.5, 0.6) is 23.1 Å². The van der Waals surface area contributed by atoms with Crippen LogP contribution in [-0.4, -0.2) is 50.4 Å². The van der Waals surface area contributed by atoms with Crippen LogP contribution in [0.4, 0.5) is 5.69 Å². The van der Waals surface area contributed by atoms with Gasteiger partial charge in [-0.15, -0.1) is 11.3 Å². The van der Waals surface area contributed by atoms with E-state index in [0.717, 1.165) is 22.4 Å². The predicted octanol–water partition coefficient (Wildman–Crippen LogP) is 3.20. The summed E-state index contributed by atoms with van der Waals surface area (Å²) < 4.78 is 18.9. The lowest BCUT2D eigenvalue weighted by Gasteiger charge is -2.16. The fourth-order valence-corrected chi connectivity index (χ4v) is 5.46. The molecule has 5 aromatic rings. The highest BCUT2D eigenvalue weighted by Gasteiger charge is 2.20. The first kappa shape index (κ1) is 28.0. The van der Waals surface area contributed by atoms with Crippen LogP contribution in [0.2, 0.25) is 6.32 Å². The Kier molecular flexibility index (Phi) is 8.11. The molecule has 206 valence electrons. The van der Waals surface area contributed by atoms with Gasteiger partial charge in [-0.05, 0) is 42.0 Å². The van der Waals surface area contributed by atoms with Gasteiger partial charge >= 0.3 is 0 Å². The van der Waals surface area contributed by atoms with E-state index in [4.69, 9.17) is 14.2 Å². The number of hydrogen-bond acceptors (Lipinski definition) is 8. The molecule has 1 amide bonds. The fraction of sp³-hybridized carbons (Fsp3) is 0.172. The minimum absolute atomic E-state index is 0.101. The molecular formula is C29H28B2N4O5S. The Hall–Kier alpha value is -4.57. The largest absolute Gasteiger partial charge is 0.491 e. The van der Waals surface area contributed by atoms with Crippen molar-refractivity contribution in [3.8, 4) is 33.6 Å². The lowest BCUT2D eigenvalue weighted by atomic mass is 9.94. The zero-order chi connectivity index (χ0) is 29.1. The molecule has 0 spiro atoms. The van der Waals surface area contributed by atoms with E-state index in [9.17, 15) is 9.59 Å². The summed E-state index contributed by atoms with van der Waals surface area (Å²) in [7, 11) is 6.99. The van der Waals surface area contributed by atoms with Gasteiger partial charge in [0.25, 0.3) is 11.8 Å². The van der Waals surface area contributed by atoms with Gasteiger partial charge in [0.05, 0.1) is 25.3 Å². The highest BCUT2D eigenvalue weighted by atomic mass is 32.1. The Morgan fingerprint density at radius 1 is 1.10 bits per heavy atom. The van der Waals surface area contributed by atoms with Crippen molar-refractivity contribution < 1.29 is 19.0 Å². The first-order chi connectivity index (χ1) is 19.8. The van der Waals surface area contributed by atoms with E-state index < -0.39 is 5.91 Å². The van der Waals surface area contributed by atoms with Crippen LogP contribution in [0.3, 0.4) is 0 Å². The molecule has 12 heteroatoms. The third-order valence-corrected chi connectivity index (χ3v) is 7.59. The van der Waals surface area contributed by atoms with Crippen LogP contribution in [0.15, 0.2) is 65.0 Å². The summed E-state index contributed by atoms with van der Waals surface area (Å²) >= 11 is 1.48. The molecule has 0 bridgehead atoms. The number of nitrogens with one attached hydrogen (secondary N) is 1. The number of ether oxygens (including phenoxy) is 3. The van der Waals surface area contributed by atoms with Crippen LogP contribution in [-0.2, 0) is 6.54 Å². The van der Waals surface area contributed by atoms with Crippen molar-refractivity contribution in [3.05, 3.63) is 81.7 Å². The number of carbonyl (C=O) groups excluding carboxylic acids is 1. The van der Waals surface area contributed by atoms with Crippen molar-refractivity contribution in [2.45, 2.75) is 19.8 Å². The molecule has 5 rings (SSSR count). The third-order valence-electron chi connectivity index (χ3n) is 6.70. The molecule has 0 aliphatic heterocycles. The Morgan fingerprint density at radius 3 is 2.61 bits per heavy atom. The number of fused-ring (bicyclic) bond motifs is 1. The first-order valence-corrected chi connectivity index (χ1v) is 14.0. The number of aromatic nitrogens is 3. The van der Waals surface area contributed by atoms with Crippen LogP contribution in [0, 0.1) is 6.92 Å². The van der Waals surface area contributed by atoms with Gasteiger partial charge in [-0.1, -0.05) is 12.4 Å². The van der Waals surface area contributed by atoms with Crippen molar-refractivity contribution in [1.82, 2.24) is 14.5 Å². The minimum Gasteiger partial charge on any atom is -0.491 e. The summed E-state index contributed by atoms with van der Waals surface area (Å²) in [6, 6.07) is 12.6. The number of pyridine rings is 3. The molecule has 1 N–H and O–H groups in total. The predicted molar refractivity (Wildman–Crippen MR) is 167 cm³/mol. The molecule has 41 heavy (non-hydrogen) atoms. The summed E-state index contributed by atoms with van der Waals surface area (Å²) in [5.74, 6) is 1.40. The second-order valence-electron chi connectivity index (χ2n) is 9.42. The third kappa shape index (κ3) is 5.55. The van der Waals surface area contributed by atoms with Gasteiger partial charge in [0, 0.05) is 47.3 Å². The van der Waals surface area contributed by atoms with Crippen LogP contribution in [0.1, 0.15) is 16.1 Å². The monoisotopic (exact) mass is 566 g/mol. The molecular weight excluding hydrogens is 538 g/mol. The average molecular weight is 566 g/mol. The number of amides is 1. The Balaban J connectivity index is 1.43. The van der Waals surface area contributed by atoms with Gasteiger partial charge in [0.1, 0.15) is 32.5 Å². The number of aryl methyl sites for hydroxylation is 1. The number of carbonyl (C=O) groups is 1. The number of nitrogens with zero attached hydrogens (tertiary/aromatic N) is 3. The van der Waals surface area contributed by atoms with E-state index in [2.05, 4.69) is 23.1 Å². The molecule has 9 nitrogen and oxygen atoms in total. The van der Waals surface area contributed by atoms with E-state index in [1.165, 1.54) is 25.6 Å². The molecule has 0 atom stereocenters. The van der Waals surface area contributed by atoms with Crippen molar-refractivity contribution in [3.63, 3.8) is 0 Å². The number of thiophene rings is 1. The van der Waals surface area contributed by atoms with Gasteiger partial charge in [0.15, 0.2) is 11.5 Å². The molecule has 0 aliphatic rings. The van der Waals surface area contributed by atoms with Gasteiger partial charge in [-0.2, -0.15) is 0 Å². The van der Waals surface area contributed by atoms with Crippen molar-refractivity contribution in [1.29, 1.82) is 0 Å². The summed E-state index contributed by atoms with van der Waals surface area (Å²) in [6.07, 6.45) is 4.16. The molecule has 1 aromatic carbocycles. The number of anilines is 1. The standard InChI is InChI=1S/C29H28B2N4O5S/c1-16-25(24-5-4-12-41-24)27(36)18(15-35(16)11-9-30)28(37)33-17-6-7-21(19(31)13-17)40-22-8-10-32-20-14-23(38-2)29(39-3)34-26(20)22/h4-8,10,12-15H,9,11,30-31H2,1-3H3,(H,33,37). The molecule has 0 radical (unpaired) electrons. The second kappa shape index (κ2) is 11.9. The maximum absolute atomic E-state index is 13.5. The first-order valence-electron chi connectivity index (χ1n) is 13.1. The van der Waals surface area contributed by atoms with Crippen LogP contribution < -0.4 is 30.4 Å². The molecule has 0 fully saturated rings. The molecule has 0 saturated carbocycles. The zero-order valence-corrected chi connectivity index (χ0v) is 24.3. The lowest BCUT2D eigenvalue weighted by Crippen LogP contribution is -2.26. The van der Waals surface area contributed by atoms with Crippen molar-refractivity contribution >= 4 is 55.1 Å². The maximum Gasteiger partial charge on any atom is 0.261 e. The summed E-state index contributed by atoms with van der Waals surface area (Å²) in [5.41, 5.74) is 3.67. The lowest BCUT2D eigenvalue weighted by molar-refractivity contribution is 0.102. The van der Waals surface area contributed by atoms with Crippen LogP contribution in [0.25, 0.3) is 21.5 Å². The number of hydrogen-bond donors (Lipinski definition) is 1. The van der Waals surface area contributed by atoms with E-state index >= 15 is 0 Å². The maximum atomic E-state index is 13.5. The normalized spacial score (nSPS) is 10.9. The minimum atomic E-state index is -0.462. The molecule has 4 heterocycles. The molecule has 4 aromatic heterocycles. The Morgan fingerprint density at radius 2 is 1.93 bits per heavy atom. The smallest absolute Gasteiger partial charge is 0.261 e. The second-order valence-corrected chi connectivity index (χ2v) is 10.4. The highest BCUT2D eigenvalue weighted by molar-refractivity contribution is 7.13. The van der Waals surface area contributed by atoms with Gasteiger partial charge in [0.2, 0.25) is 5.43 Å². The topological polar surface area (TPSA) is 105 Å².